The Morgan fingerprint density at radius 1 is 1.29 bits per heavy atom. The predicted octanol–water partition coefficient (Wildman–Crippen LogP) is 2.39. The molecule has 1 aliphatic heterocycles. The van der Waals surface area contributed by atoms with E-state index in [1.54, 1.807) is 4.90 Å². The summed E-state index contributed by atoms with van der Waals surface area (Å²) in [6.07, 6.45) is 3.33. The molecule has 0 spiro atoms. The first-order chi connectivity index (χ1) is 7.91. The van der Waals surface area contributed by atoms with Crippen LogP contribution in [0.4, 0.5) is 4.79 Å². The van der Waals surface area contributed by atoms with Gasteiger partial charge < -0.3 is 4.90 Å². The molecule has 1 rings (SSSR count). The van der Waals surface area contributed by atoms with Gasteiger partial charge in [-0.25, -0.2) is 4.79 Å². The van der Waals surface area contributed by atoms with Crippen LogP contribution in [0.1, 0.15) is 47.0 Å². The van der Waals surface area contributed by atoms with Crippen molar-refractivity contribution in [3.63, 3.8) is 0 Å². The van der Waals surface area contributed by atoms with Gasteiger partial charge in [0.05, 0.1) is 5.92 Å². The van der Waals surface area contributed by atoms with Crippen LogP contribution in [0.2, 0.25) is 0 Å². The molecule has 0 aromatic heterocycles. The number of carbonyl (C=O) groups excluding carboxylic acids is 2. The molecule has 0 bridgehead atoms. The van der Waals surface area contributed by atoms with Gasteiger partial charge in [0.1, 0.15) is 0 Å². The van der Waals surface area contributed by atoms with E-state index in [0.717, 1.165) is 12.8 Å². The van der Waals surface area contributed by atoms with Gasteiger partial charge in [0.2, 0.25) is 5.91 Å². The molecule has 1 heterocycles. The third-order valence-corrected chi connectivity index (χ3v) is 3.34. The van der Waals surface area contributed by atoms with Crippen LogP contribution in [0.3, 0.4) is 0 Å². The Balaban J connectivity index is 2.42. The summed E-state index contributed by atoms with van der Waals surface area (Å²) >= 11 is 0. The highest BCUT2D eigenvalue weighted by molar-refractivity contribution is 5.97. The van der Waals surface area contributed by atoms with Crippen molar-refractivity contribution in [2.45, 2.75) is 53.0 Å². The summed E-state index contributed by atoms with van der Waals surface area (Å²) in [6, 6.07) is -0.0190. The molecule has 2 atom stereocenters. The van der Waals surface area contributed by atoms with E-state index in [-0.39, 0.29) is 23.9 Å². The van der Waals surface area contributed by atoms with Crippen LogP contribution in [-0.4, -0.2) is 29.4 Å². The third kappa shape index (κ3) is 4.02. The van der Waals surface area contributed by atoms with Gasteiger partial charge in [0.25, 0.3) is 0 Å². The van der Waals surface area contributed by atoms with E-state index >= 15 is 0 Å². The Hall–Kier alpha value is -1.06. The van der Waals surface area contributed by atoms with Gasteiger partial charge in [-0.05, 0) is 19.3 Å². The lowest BCUT2D eigenvalue weighted by Gasteiger charge is -2.35. The fourth-order valence-corrected chi connectivity index (χ4v) is 2.12. The lowest BCUT2D eigenvalue weighted by molar-refractivity contribution is -0.125. The van der Waals surface area contributed by atoms with E-state index in [4.69, 9.17) is 0 Å². The van der Waals surface area contributed by atoms with Crippen molar-refractivity contribution in [3.05, 3.63) is 0 Å². The summed E-state index contributed by atoms with van der Waals surface area (Å²) in [5.41, 5.74) is 0. The number of nitrogens with zero attached hydrogens (tertiary/aromatic N) is 1. The lowest BCUT2D eigenvalue weighted by Crippen LogP contribution is -2.56. The minimum absolute atomic E-state index is 0.0970. The minimum Gasteiger partial charge on any atom is -0.321 e. The molecule has 1 aliphatic rings. The number of hydrogen-bond donors (Lipinski definition) is 1. The molecular formula is C13H24N2O2. The smallest absolute Gasteiger partial charge is 0.321 e. The summed E-state index contributed by atoms with van der Waals surface area (Å²) in [6.45, 7) is 8.88. The SMILES string of the molecule is CC(C)CCCC(C)N1CC(C)C(=O)NC1=O. The minimum atomic E-state index is -0.231. The van der Waals surface area contributed by atoms with Crippen molar-refractivity contribution in [2.24, 2.45) is 11.8 Å². The second-order valence-electron chi connectivity index (χ2n) is 5.52. The van der Waals surface area contributed by atoms with Crippen molar-refractivity contribution in [1.82, 2.24) is 10.2 Å². The van der Waals surface area contributed by atoms with Gasteiger partial charge in [0, 0.05) is 12.6 Å². The van der Waals surface area contributed by atoms with Gasteiger partial charge in [-0.15, -0.1) is 0 Å². The Labute approximate surface area is 104 Å². The molecule has 2 unspecified atom stereocenters. The normalized spacial score (nSPS) is 22.9. The standard InChI is InChI=1S/C13H24N2O2/c1-9(2)6-5-7-11(4)15-8-10(3)12(16)14-13(15)17/h9-11H,5-8H2,1-4H3,(H,14,16,17). The Bertz CT molecular complexity index is 289. The molecule has 1 fully saturated rings. The average Bonchev–Trinajstić information content (AvgIpc) is 2.22. The Morgan fingerprint density at radius 3 is 2.53 bits per heavy atom. The van der Waals surface area contributed by atoms with E-state index in [2.05, 4.69) is 26.1 Å². The highest BCUT2D eigenvalue weighted by atomic mass is 16.2. The van der Waals surface area contributed by atoms with Gasteiger partial charge in [0.15, 0.2) is 0 Å². The van der Waals surface area contributed by atoms with E-state index in [9.17, 15) is 9.59 Å². The number of imide groups is 1. The molecule has 0 aromatic rings. The molecule has 3 amide bonds. The average molecular weight is 240 g/mol. The molecule has 17 heavy (non-hydrogen) atoms. The fraction of sp³-hybridized carbons (Fsp3) is 0.846. The number of amides is 3. The zero-order chi connectivity index (χ0) is 13.0. The number of hydrogen-bond acceptors (Lipinski definition) is 2. The van der Waals surface area contributed by atoms with Crippen molar-refractivity contribution in [1.29, 1.82) is 0 Å². The van der Waals surface area contributed by atoms with Crippen molar-refractivity contribution < 1.29 is 9.59 Å². The van der Waals surface area contributed by atoms with Crippen LogP contribution < -0.4 is 5.32 Å². The van der Waals surface area contributed by atoms with Crippen LogP contribution in [0, 0.1) is 11.8 Å². The Morgan fingerprint density at radius 2 is 1.94 bits per heavy atom. The summed E-state index contributed by atoms with van der Waals surface area (Å²) in [4.78, 5) is 24.8. The predicted molar refractivity (Wildman–Crippen MR) is 67.6 cm³/mol. The van der Waals surface area contributed by atoms with Crippen molar-refractivity contribution in [3.8, 4) is 0 Å². The van der Waals surface area contributed by atoms with Crippen molar-refractivity contribution in [2.75, 3.05) is 6.54 Å². The topological polar surface area (TPSA) is 49.4 Å². The maximum absolute atomic E-state index is 11.7. The fourth-order valence-electron chi connectivity index (χ4n) is 2.12. The zero-order valence-corrected chi connectivity index (χ0v) is 11.3. The molecule has 0 radical (unpaired) electrons. The Kier molecular flexibility index (Phi) is 4.97. The quantitative estimate of drug-likeness (QED) is 0.802. The summed E-state index contributed by atoms with van der Waals surface area (Å²) in [5.74, 6) is 0.457. The number of urea groups is 1. The zero-order valence-electron chi connectivity index (χ0n) is 11.3. The van der Waals surface area contributed by atoms with Crippen LogP contribution in [0.5, 0.6) is 0 Å². The molecule has 98 valence electrons. The van der Waals surface area contributed by atoms with Crippen LogP contribution in [0.25, 0.3) is 0 Å². The molecule has 1 saturated heterocycles. The molecule has 4 nitrogen and oxygen atoms in total. The maximum atomic E-state index is 11.7. The van der Waals surface area contributed by atoms with Crippen LogP contribution in [0.15, 0.2) is 0 Å². The third-order valence-electron chi connectivity index (χ3n) is 3.34. The number of rotatable bonds is 5. The first-order valence-electron chi connectivity index (χ1n) is 6.53. The highest BCUT2D eigenvalue weighted by Crippen LogP contribution is 2.16. The second-order valence-corrected chi connectivity index (χ2v) is 5.52. The largest absolute Gasteiger partial charge is 0.324 e. The van der Waals surface area contributed by atoms with E-state index in [1.165, 1.54) is 6.42 Å². The van der Waals surface area contributed by atoms with Gasteiger partial charge in [-0.2, -0.15) is 0 Å². The summed E-state index contributed by atoms with van der Waals surface area (Å²) in [5, 5.41) is 2.41. The van der Waals surface area contributed by atoms with Crippen molar-refractivity contribution >= 4 is 11.9 Å². The second kappa shape index (κ2) is 6.03. The molecule has 0 saturated carbocycles. The van der Waals surface area contributed by atoms with E-state index in [1.807, 2.05) is 6.92 Å². The molecule has 0 aliphatic carbocycles. The first-order valence-corrected chi connectivity index (χ1v) is 6.53. The monoisotopic (exact) mass is 240 g/mol. The number of nitrogens with one attached hydrogen (secondary N) is 1. The molecule has 0 aromatic carbocycles. The van der Waals surface area contributed by atoms with Gasteiger partial charge >= 0.3 is 6.03 Å². The summed E-state index contributed by atoms with van der Waals surface area (Å²) < 4.78 is 0. The molecule has 4 heteroatoms. The highest BCUT2D eigenvalue weighted by Gasteiger charge is 2.31. The van der Waals surface area contributed by atoms with E-state index in [0.29, 0.717) is 12.5 Å². The maximum Gasteiger partial charge on any atom is 0.324 e. The molecule has 1 N–H and O–H groups in total. The lowest BCUT2D eigenvalue weighted by atomic mass is 10.0. The van der Waals surface area contributed by atoms with Crippen LogP contribution in [-0.2, 0) is 4.79 Å². The first kappa shape index (κ1) is 14.0. The summed E-state index contributed by atoms with van der Waals surface area (Å²) in [7, 11) is 0. The number of carbonyl (C=O) groups is 2. The van der Waals surface area contributed by atoms with Crippen LogP contribution >= 0.6 is 0 Å². The van der Waals surface area contributed by atoms with Gasteiger partial charge in [-0.1, -0.05) is 33.6 Å². The van der Waals surface area contributed by atoms with Gasteiger partial charge in [-0.3, -0.25) is 10.1 Å². The molecular weight excluding hydrogens is 216 g/mol. The van der Waals surface area contributed by atoms with E-state index < -0.39 is 0 Å².